The number of thioether (sulfide) groups is 1. The molecule has 0 spiro atoms. The molecule has 3 aromatic rings. The van der Waals surface area contributed by atoms with E-state index < -0.39 is 5.82 Å². The summed E-state index contributed by atoms with van der Waals surface area (Å²) < 4.78 is 16.2. The zero-order valence-corrected chi connectivity index (χ0v) is 12.6. The van der Waals surface area contributed by atoms with Gasteiger partial charge in [-0.2, -0.15) is 0 Å². The lowest BCUT2D eigenvalue weighted by Crippen LogP contribution is -2.14. The molecule has 1 aromatic heterocycles. The van der Waals surface area contributed by atoms with E-state index in [4.69, 9.17) is 11.1 Å². The number of rotatable bonds is 4. The van der Waals surface area contributed by atoms with Crippen molar-refractivity contribution in [3.8, 4) is 0 Å². The second kappa shape index (κ2) is 5.83. The van der Waals surface area contributed by atoms with Gasteiger partial charge in [-0.25, -0.2) is 9.37 Å². The van der Waals surface area contributed by atoms with Crippen LogP contribution in [0.4, 0.5) is 4.39 Å². The largest absolute Gasteiger partial charge is 0.384 e. The van der Waals surface area contributed by atoms with Crippen molar-refractivity contribution in [3.63, 3.8) is 0 Å². The highest BCUT2D eigenvalue weighted by Crippen LogP contribution is 2.32. The quantitative estimate of drug-likeness (QED) is 0.434. The van der Waals surface area contributed by atoms with Crippen molar-refractivity contribution >= 4 is 39.2 Å². The zero-order chi connectivity index (χ0) is 14.8. The van der Waals surface area contributed by atoms with E-state index in [-0.39, 0.29) is 11.4 Å². The van der Waals surface area contributed by atoms with Crippen molar-refractivity contribution < 1.29 is 4.39 Å². The molecular formula is C15H12FN3S2. The minimum absolute atomic E-state index is 0.150. The van der Waals surface area contributed by atoms with E-state index in [1.54, 1.807) is 23.5 Å². The van der Waals surface area contributed by atoms with Gasteiger partial charge in [-0.1, -0.05) is 36.0 Å². The average molecular weight is 317 g/mol. The zero-order valence-electron chi connectivity index (χ0n) is 11.0. The smallest absolute Gasteiger partial charge is 0.151 e. The molecule has 0 aliphatic rings. The lowest BCUT2D eigenvalue weighted by atomic mass is 10.1. The summed E-state index contributed by atoms with van der Waals surface area (Å²) in [5.74, 6) is -0.204. The van der Waals surface area contributed by atoms with E-state index in [1.165, 1.54) is 17.8 Å². The number of aromatic nitrogens is 1. The lowest BCUT2D eigenvalue weighted by Gasteiger charge is -2.05. The highest BCUT2D eigenvalue weighted by Gasteiger charge is 2.11. The van der Waals surface area contributed by atoms with Crippen LogP contribution in [0.15, 0.2) is 46.8 Å². The van der Waals surface area contributed by atoms with Gasteiger partial charge in [-0.15, -0.1) is 11.3 Å². The Labute approximate surface area is 129 Å². The molecular weight excluding hydrogens is 305 g/mol. The molecule has 0 bridgehead atoms. The summed E-state index contributed by atoms with van der Waals surface area (Å²) in [6.07, 6.45) is 0. The first-order chi connectivity index (χ1) is 10.1. The van der Waals surface area contributed by atoms with Gasteiger partial charge in [0, 0.05) is 5.75 Å². The first-order valence-corrected chi connectivity index (χ1v) is 8.05. The Kier molecular flexibility index (Phi) is 3.90. The molecule has 0 fully saturated rings. The van der Waals surface area contributed by atoms with Gasteiger partial charge in [0.05, 0.1) is 15.8 Å². The first-order valence-electron chi connectivity index (χ1n) is 6.25. The highest BCUT2D eigenvalue weighted by molar-refractivity contribution is 8.00. The molecule has 2 aromatic carbocycles. The predicted octanol–water partition coefficient (Wildman–Crippen LogP) is 4.01. The van der Waals surface area contributed by atoms with Gasteiger partial charge >= 0.3 is 0 Å². The summed E-state index contributed by atoms with van der Waals surface area (Å²) in [5.41, 5.74) is 7.01. The number of benzene rings is 2. The molecule has 3 nitrogen and oxygen atoms in total. The molecule has 21 heavy (non-hydrogen) atoms. The molecule has 0 atom stereocenters. The van der Waals surface area contributed by atoms with Gasteiger partial charge in [-0.3, -0.25) is 5.41 Å². The third-order valence-electron chi connectivity index (χ3n) is 2.99. The molecule has 1 heterocycles. The number of fused-ring (bicyclic) bond motifs is 1. The summed E-state index contributed by atoms with van der Waals surface area (Å²) in [5, 5.41) is 7.36. The summed E-state index contributed by atoms with van der Waals surface area (Å²) in [6.45, 7) is 0. The molecule has 0 saturated heterocycles. The Morgan fingerprint density at radius 3 is 2.81 bits per heavy atom. The second-order valence-electron chi connectivity index (χ2n) is 4.43. The minimum Gasteiger partial charge on any atom is -0.384 e. The van der Waals surface area contributed by atoms with Crippen LogP contribution in [0.25, 0.3) is 10.2 Å². The van der Waals surface area contributed by atoms with Crippen LogP contribution >= 0.6 is 23.1 Å². The monoisotopic (exact) mass is 317 g/mol. The SMILES string of the molecule is N=C(N)c1cccc(CSc2nc3ccccc3s2)c1F. The molecule has 6 heteroatoms. The third kappa shape index (κ3) is 2.91. The minimum atomic E-state index is -0.418. The van der Waals surface area contributed by atoms with Crippen LogP contribution in [0.2, 0.25) is 0 Å². The van der Waals surface area contributed by atoms with Crippen LogP contribution in [0, 0.1) is 11.2 Å². The Balaban J connectivity index is 1.81. The summed E-state index contributed by atoms with van der Waals surface area (Å²) >= 11 is 3.09. The van der Waals surface area contributed by atoms with Crippen LogP contribution in [-0.4, -0.2) is 10.8 Å². The van der Waals surface area contributed by atoms with Gasteiger partial charge in [-0.05, 0) is 23.8 Å². The number of para-hydroxylation sites is 1. The maximum absolute atomic E-state index is 14.2. The van der Waals surface area contributed by atoms with Crippen molar-refractivity contribution in [1.82, 2.24) is 4.98 Å². The van der Waals surface area contributed by atoms with Crippen LogP contribution in [-0.2, 0) is 5.75 Å². The van der Waals surface area contributed by atoms with Gasteiger partial charge in [0.1, 0.15) is 11.7 Å². The maximum Gasteiger partial charge on any atom is 0.151 e. The average Bonchev–Trinajstić information content (AvgIpc) is 2.88. The number of amidine groups is 1. The Morgan fingerprint density at radius 2 is 2.05 bits per heavy atom. The fraction of sp³-hybridized carbons (Fsp3) is 0.0667. The van der Waals surface area contributed by atoms with Gasteiger partial charge in [0.2, 0.25) is 0 Å². The molecule has 3 rings (SSSR count). The van der Waals surface area contributed by atoms with Crippen LogP contribution < -0.4 is 5.73 Å². The molecule has 0 unspecified atom stereocenters. The Bertz CT molecular complexity index is 781. The van der Waals surface area contributed by atoms with Gasteiger partial charge in [0.25, 0.3) is 0 Å². The van der Waals surface area contributed by atoms with E-state index in [9.17, 15) is 4.39 Å². The number of nitrogens with zero attached hydrogens (tertiary/aromatic N) is 1. The third-order valence-corrected chi connectivity index (χ3v) is 5.22. The van der Waals surface area contributed by atoms with Crippen molar-refractivity contribution in [1.29, 1.82) is 5.41 Å². The Hall–Kier alpha value is -1.92. The Morgan fingerprint density at radius 1 is 1.24 bits per heavy atom. The second-order valence-corrected chi connectivity index (χ2v) is 6.68. The van der Waals surface area contributed by atoms with Crippen molar-refractivity contribution in [2.75, 3.05) is 0 Å². The molecule has 0 amide bonds. The van der Waals surface area contributed by atoms with Crippen LogP contribution in [0.1, 0.15) is 11.1 Å². The van der Waals surface area contributed by atoms with Gasteiger partial charge in [0.15, 0.2) is 4.34 Å². The number of nitrogens with one attached hydrogen (secondary N) is 1. The molecule has 3 N–H and O–H groups in total. The maximum atomic E-state index is 14.2. The normalized spacial score (nSPS) is 10.9. The number of halogens is 1. The topological polar surface area (TPSA) is 62.8 Å². The number of hydrogen-bond donors (Lipinski definition) is 2. The van der Waals surface area contributed by atoms with E-state index in [0.29, 0.717) is 11.3 Å². The number of nitrogens with two attached hydrogens (primary N) is 1. The number of nitrogen functional groups attached to an aromatic ring is 1. The van der Waals surface area contributed by atoms with Crippen molar-refractivity contribution in [2.24, 2.45) is 5.73 Å². The fourth-order valence-electron chi connectivity index (χ4n) is 1.95. The number of hydrogen-bond acceptors (Lipinski definition) is 4. The summed E-state index contributed by atoms with van der Waals surface area (Å²) in [4.78, 5) is 4.51. The van der Waals surface area contributed by atoms with E-state index in [0.717, 1.165) is 14.6 Å². The highest BCUT2D eigenvalue weighted by atomic mass is 32.2. The predicted molar refractivity (Wildman–Crippen MR) is 86.6 cm³/mol. The van der Waals surface area contributed by atoms with Crippen molar-refractivity contribution in [2.45, 2.75) is 10.1 Å². The molecule has 0 radical (unpaired) electrons. The number of thiazole rings is 1. The first kappa shape index (κ1) is 14.0. The standard InChI is InChI=1S/C15H12FN3S2/c16-13-9(4-3-5-10(13)14(17)18)8-20-15-19-11-6-1-2-7-12(11)21-15/h1-7H,8H2,(H3,17,18). The van der Waals surface area contributed by atoms with Crippen LogP contribution in [0.3, 0.4) is 0 Å². The van der Waals surface area contributed by atoms with E-state index in [1.807, 2.05) is 24.3 Å². The van der Waals surface area contributed by atoms with E-state index >= 15 is 0 Å². The molecule has 0 aliphatic carbocycles. The van der Waals surface area contributed by atoms with Crippen LogP contribution in [0.5, 0.6) is 0 Å². The summed E-state index contributed by atoms with van der Waals surface area (Å²) in [6, 6.07) is 12.9. The molecule has 0 aliphatic heterocycles. The fourth-order valence-corrected chi connectivity index (χ4v) is 4.00. The van der Waals surface area contributed by atoms with E-state index in [2.05, 4.69) is 4.98 Å². The summed E-state index contributed by atoms with van der Waals surface area (Å²) in [7, 11) is 0. The molecule has 0 saturated carbocycles. The lowest BCUT2D eigenvalue weighted by molar-refractivity contribution is 0.614. The molecule has 106 valence electrons. The van der Waals surface area contributed by atoms with Gasteiger partial charge < -0.3 is 5.73 Å². The van der Waals surface area contributed by atoms with Crippen molar-refractivity contribution in [3.05, 3.63) is 59.4 Å².